The molecule has 2 atom stereocenters. The number of likely N-dealkylation sites (tertiary alicyclic amines) is 1. The molecule has 0 radical (unpaired) electrons. The lowest BCUT2D eigenvalue weighted by molar-refractivity contribution is -0.137. The van der Waals surface area contributed by atoms with E-state index < -0.39 is 11.7 Å². The Hall–Kier alpha value is -1.56. The van der Waals surface area contributed by atoms with Crippen molar-refractivity contribution in [2.24, 2.45) is 11.8 Å². The first-order valence-corrected chi connectivity index (χ1v) is 8.53. The van der Waals surface area contributed by atoms with Gasteiger partial charge in [-0.05, 0) is 36.8 Å². The van der Waals surface area contributed by atoms with Gasteiger partial charge < -0.3 is 10.2 Å². The molecule has 132 valence electrons. The second kappa shape index (κ2) is 6.75. The quantitative estimate of drug-likeness (QED) is 0.911. The Morgan fingerprint density at radius 3 is 2.67 bits per heavy atom. The molecule has 2 fully saturated rings. The van der Waals surface area contributed by atoms with E-state index in [0.717, 1.165) is 38.4 Å². The van der Waals surface area contributed by atoms with Gasteiger partial charge in [0.2, 0.25) is 5.91 Å². The van der Waals surface area contributed by atoms with Gasteiger partial charge in [-0.1, -0.05) is 25.1 Å². The van der Waals surface area contributed by atoms with Crippen molar-refractivity contribution in [1.82, 2.24) is 10.2 Å². The largest absolute Gasteiger partial charge is 0.416 e. The summed E-state index contributed by atoms with van der Waals surface area (Å²) in [7, 11) is 0. The number of piperidine rings is 1. The summed E-state index contributed by atoms with van der Waals surface area (Å²) in [5, 5.41) is 3.37. The Bertz CT molecular complexity index is 598. The van der Waals surface area contributed by atoms with Gasteiger partial charge >= 0.3 is 6.18 Å². The Kier molecular flexibility index (Phi) is 4.85. The van der Waals surface area contributed by atoms with Crippen LogP contribution in [0, 0.1) is 11.8 Å². The molecule has 0 spiro atoms. The molecule has 1 aromatic carbocycles. The molecule has 0 unspecified atom stereocenters. The molecule has 24 heavy (non-hydrogen) atoms. The average Bonchev–Trinajstić information content (AvgIpc) is 3.37. The molecule has 1 aliphatic heterocycles. The summed E-state index contributed by atoms with van der Waals surface area (Å²) in [5.74, 6) is 0.817. The van der Waals surface area contributed by atoms with E-state index in [9.17, 15) is 18.0 Å². The van der Waals surface area contributed by atoms with Gasteiger partial charge in [0.25, 0.3) is 0 Å². The monoisotopic (exact) mass is 340 g/mol. The minimum Gasteiger partial charge on any atom is -0.342 e. The van der Waals surface area contributed by atoms with Gasteiger partial charge in [0.1, 0.15) is 0 Å². The van der Waals surface area contributed by atoms with Crippen LogP contribution < -0.4 is 5.32 Å². The number of halogens is 3. The molecule has 0 bridgehead atoms. The van der Waals surface area contributed by atoms with Crippen molar-refractivity contribution in [3.05, 3.63) is 35.4 Å². The number of benzene rings is 1. The number of nitrogens with one attached hydrogen (secondary N) is 1. The zero-order valence-electron chi connectivity index (χ0n) is 13.8. The third-order valence-electron chi connectivity index (χ3n) is 4.97. The van der Waals surface area contributed by atoms with Crippen LogP contribution in [0.4, 0.5) is 13.2 Å². The molecule has 0 aromatic heterocycles. The molecule has 2 aliphatic rings. The number of alkyl halides is 3. The van der Waals surface area contributed by atoms with Crippen molar-refractivity contribution in [1.29, 1.82) is 0 Å². The fourth-order valence-corrected chi connectivity index (χ4v) is 3.34. The predicted molar refractivity (Wildman–Crippen MR) is 85.2 cm³/mol. The van der Waals surface area contributed by atoms with Gasteiger partial charge in [0.15, 0.2) is 0 Å². The molecule has 1 aromatic rings. The summed E-state index contributed by atoms with van der Waals surface area (Å²) in [5.41, 5.74) is 0.0215. The Morgan fingerprint density at radius 1 is 1.29 bits per heavy atom. The average molecular weight is 340 g/mol. The smallest absolute Gasteiger partial charge is 0.342 e. The molecule has 1 heterocycles. The van der Waals surface area contributed by atoms with E-state index in [-0.39, 0.29) is 17.9 Å². The van der Waals surface area contributed by atoms with Crippen LogP contribution >= 0.6 is 0 Å². The van der Waals surface area contributed by atoms with Crippen LogP contribution in [0.3, 0.4) is 0 Å². The molecule has 1 saturated carbocycles. The van der Waals surface area contributed by atoms with Gasteiger partial charge in [-0.25, -0.2) is 0 Å². The van der Waals surface area contributed by atoms with E-state index in [2.05, 4.69) is 12.2 Å². The zero-order valence-corrected chi connectivity index (χ0v) is 13.8. The Labute approximate surface area is 140 Å². The maximum atomic E-state index is 12.8. The molecule has 1 amide bonds. The lowest BCUT2D eigenvalue weighted by Gasteiger charge is -2.37. The molecular formula is C18H23F3N2O. The molecular weight excluding hydrogens is 317 g/mol. The van der Waals surface area contributed by atoms with Gasteiger partial charge in [-0.2, -0.15) is 13.2 Å². The SMILES string of the molecule is C[C@H]1CN(C(=O)C2CC2)CC[C@@H]1NCc1cccc(C(F)(F)F)c1. The first-order valence-electron chi connectivity index (χ1n) is 8.53. The number of nitrogens with zero attached hydrogens (tertiary/aromatic N) is 1. The highest BCUT2D eigenvalue weighted by atomic mass is 19.4. The van der Waals surface area contributed by atoms with Gasteiger partial charge in [-0.15, -0.1) is 0 Å². The number of rotatable bonds is 4. The molecule has 1 aliphatic carbocycles. The van der Waals surface area contributed by atoms with Crippen molar-refractivity contribution < 1.29 is 18.0 Å². The van der Waals surface area contributed by atoms with E-state index in [1.54, 1.807) is 6.07 Å². The zero-order chi connectivity index (χ0) is 17.3. The summed E-state index contributed by atoms with van der Waals surface area (Å²) >= 11 is 0. The van der Waals surface area contributed by atoms with Crippen LogP contribution in [0.1, 0.15) is 37.3 Å². The van der Waals surface area contributed by atoms with E-state index in [0.29, 0.717) is 18.0 Å². The fraction of sp³-hybridized carbons (Fsp3) is 0.611. The first kappa shape index (κ1) is 17.3. The third kappa shape index (κ3) is 4.09. The van der Waals surface area contributed by atoms with Crippen LogP contribution in [0.2, 0.25) is 0 Å². The maximum Gasteiger partial charge on any atom is 0.416 e. The molecule has 3 nitrogen and oxygen atoms in total. The predicted octanol–water partition coefficient (Wildman–Crippen LogP) is 3.44. The van der Waals surface area contributed by atoms with Crippen LogP contribution in [0.15, 0.2) is 24.3 Å². The number of amides is 1. The van der Waals surface area contributed by atoms with E-state index >= 15 is 0 Å². The van der Waals surface area contributed by atoms with Gasteiger partial charge in [0, 0.05) is 31.6 Å². The number of hydrogen-bond donors (Lipinski definition) is 1. The lowest BCUT2D eigenvalue weighted by Crippen LogP contribution is -2.50. The van der Waals surface area contributed by atoms with Gasteiger partial charge in [-0.3, -0.25) is 4.79 Å². The molecule has 1 N–H and O–H groups in total. The summed E-state index contributed by atoms with van der Waals surface area (Å²) in [4.78, 5) is 14.1. The maximum absolute atomic E-state index is 12.8. The standard InChI is InChI=1S/C18H23F3N2O/c1-12-11-23(17(24)14-5-6-14)8-7-16(12)22-10-13-3-2-4-15(9-13)18(19,20)21/h2-4,9,12,14,16,22H,5-8,10-11H2,1H3/t12-,16-/m0/s1. The van der Waals surface area contributed by atoms with Crippen LogP contribution in [-0.2, 0) is 17.5 Å². The molecule has 6 heteroatoms. The highest BCUT2D eigenvalue weighted by molar-refractivity contribution is 5.81. The van der Waals surface area contributed by atoms with Crippen LogP contribution in [-0.4, -0.2) is 29.9 Å². The van der Waals surface area contributed by atoms with Crippen molar-refractivity contribution >= 4 is 5.91 Å². The highest BCUT2D eigenvalue weighted by Gasteiger charge is 2.36. The van der Waals surface area contributed by atoms with Crippen molar-refractivity contribution in [3.63, 3.8) is 0 Å². The minimum absolute atomic E-state index is 0.225. The van der Waals surface area contributed by atoms with Crippen molar-refractivity contribution in [2.75, 3.05) is 13.1 Å². The van der Waals surface area contributed by atoms with Crippen molar-refractivity contribution in [2.45, 2.75) is 44.9 Å². The minimum atomic E-state index is -4.31. The normalized spacial score (nSPS) is 24.9. The number of carbonyl (C=O) groups excluding carboxylic acids is 1. The van der Waals surface area contributed by atoms with E-state index in [4.69, 9.17) is 0 Å². The van der Waals surface area contributed by atoms with Crippen LogP contribution in [0.25, 0.3) is 0 Å². The summed E-state index contributed by atoms with van der Waals surface area (Å²) in [6.07, 6.45) is -1.43. The highest BCUT2D eigenvalue weighted by Crippen LogP contribution is 2.33. The first-order chi connectivity index (χ1) is 11.3. The molecule has 1 saturated heterocycles. The summed E-state index contributed by atoms with van der Waals surface area (Å²) in [6, 6.07) is 5.67. The van der Waals surface area contributed by atoms with E-state index in [1.165, 1.54) is 12.1 Å². The van der Waals surface area contributed by atoms with E-state index in [1.807, 2.05) is 4.90 Å². The molecule has 3 rings (SSSR count). The second-order valence-electron chi connectivity index (χ2n) is 7.01. The van der Waals surface area contributed by atoms with Gasteiger partial charge in [0.05, 0.1) is 5.56 Å². The number of hydrogen-bond acceptors (Lipinski definition) is 2. The second-order valence-corrected chi connectivity index (χ2v) is 7.01. The van der Waals surface area contributed by atoms with Crippen molar-refractivity contribution in [3.8, 4) is 0 Å². The topological polar surface area (TPSA) is 32.3 Å². The summed E-state index contributed by atoms with van der Waals surface area (Å²) < 4.78 is 38.3. The lowest BCUT2D eigenvalue weighted by atomic mass is 9.93. The Morgan fingerprint density at radius 2 is 2.04 bits per heavy atom. The number of carbonyl (C=O) groups is 1. The Balaban J connectivity index is 1.53. The summed E-state index contributed by atoms with van der Waals surface area (Å²) in [6.45, 7) is 3.97. The third-order valence-corrected chi connectivity index (χ3v) is 4.97. The fourth-order valence-electron chi connectivity index (χ4n) is 3.34. The van der Waals surface area contributed by atoms with Crippen LogP contribution in [0.5, 0.6) is 0 Å².